The number of methoxy groups -OCH3 is 1. The number of benzene rings is 2. The summed E-state index contributed by atoms with van der Waals surface area (Å²) in [7, 11) is 1.63. The lowest BCUT2D eigenvalue weighted by Gasteiger charge is -2.38. The van der Waals surface area contributed by atoms with Crippen molar-refractivity contribution in [1.82, 2.24) is 9.55 Å². The molecule has 7 heteroatoms. The average molecular weight is 421 g/mol. The fourth-order valence-electron chi connectivity index (χ4n) is 4.32. The van der Waals surface area contributed by atoms with E-state index in [0.717, 1.165) is 22.2 Å². The van der Waals surface area contributed by atoms with Gasteiger partial charge in [-0.15, -0.1) is 0 Å². The maximum absolute atomic E-state index is 13.7. The summed E-state index contributed by atoms with van der Waals surface area (Å²) >= 11 is 0. The van der Waals surface area contributed by atoms with E-state index in [0.29, 0.717) is 25.5 Å². The summed E-state index contributed by atoms with van der Waals surface area (Å²) in [5.74, 6) is -1.24. The molecule has 0 radical (unpaired) electrons. The SMILES string of the molecule is CCOC(=O)[C@H]1C(=O)N(CCCOC)c2nc3ccccc3n2[C@H]1c1ccccc1C. The molecule has 0 bridgehead atoms. The van der Waals surface area contributed by atoms with E-state index in [1.807, 2.05) is 60.0 Å². The zero-order valence-corrected chi connectivity index (χ0v) is 18.1. The van der Waals surface area contributed by atoms with Crippen LogP contribution < -0.4 is 4.90 Å². The van der Waals surface area contributed by atoms with Crippen molar-refractivity contribution in [3.05, 3.63) is 59.7 Å². The van der Waals surface area contributed by atoms with E-state index in [4.69, 9.17) is 14.5 Å². The number of esters is 1. The largest absolute Gasteiger partial charge is 0.465 e. The van der Waals surface area contributed by atoms with Crippen molar-refractivity contribution in [2.24, 2.45) is 5.92 Å². The van der Waals surface area contributed by atoms with Gasteiger partial charge in [0.1, 0.15) is 0 Å². The molecule has 2 aromatic carbocycles. The minimum Gasteiger partial charge on any atom is -0.465 e. The average Bonchev–Trinajstić information content (AvgIpc) is 3.14. The zero-order chi connectivity index (χ0) is 22.0. The van der Waals surface area contributed by atoms with Crippen molar-refractivity contribution in [2.75, 3.05) is 31.8 Å². The number of imidazole rings is 1. The van der Waals surface area contributed by atoms with Crippen molar-refractivity contribution in [3.63, 3.8) is 0 Å². The highest BCUT2D eigenvalue weighted by Crippen LogP contribution is 2.42. The summed E-state index contributed by atoms with van der Waals surface area (Å²) in [5, 5.41) is 0. The number of hydrogen-bond acceptors (Lipinski definition) is 5. The van der Waals surface area contributed by atoms with Crippen LogP contribution in [-0.4, -0.2) is 48.3 Å². The quantitative estimate of drug-likeness (QED) is 0.332. The van der Waals surface area contributed by atoms with Crippen LogP contribution in [0.25, 0.3) is 11.0 Å². The third kappa shape index (κ3) is 3.70. The monoisotopic (exact) mass is 421 g/mol. The van der Waals surface area contributed by atoms with Gasteiger partial charge >= 0.3 is 5.97 Å². The van der Waals surface area contributed by atoms with Gasteiger partial charge in [0.2, 0.25) is 11.9 Å². The number of nitrogens with zero attached hydrogens (tertiary/aromatic N) is 3. The number of fused-ring (bicyclic) bond motifs is 3. The number of amides is 1. The summed E-state index contributed by atoms with van der Waals surface area (Å²) < 4.78 is 12.6. The summed E-state index contributed by atoms with van der Waals surface area (Å²) in [4.78, 5) is 33.2. The predicted molar refractivity (Wildman–Crippen MR) is 118 cm³/mol. The van der Waals surface area contributed by atoms with Crippen molar-refractivity contribution in [1.29, 1.82) is 0 Å². The zero-order valence-electron chi connectivity index (χ0n) is 18.1. The lowest BCUT2D eigenvalue weighted by molar-refractivity contribution is -0.153. The molecule has 1 aliphatic rings. The van der Waals surface area contributed by atoms with Crippen LogP contribution in [0.2, 0.25) is 0 Å². The first kappa shape index (κ1) is 21.1. The number of ether oxygens (including phenoxy) is 2. The highest BCUT2D eigenvalue weighted by Gasteiger charge is 2.48. The molecule has 0 saturated carbocycles. The van der Waals surface area contributed by atoms with Crippen molar-refractivity contribution < 1.29 is 19.1 Å². The Morgan fingerprint density at radius 2 is 1.87 bits per heavy atom. The molecule has 7 nitrogen and oxygen atoms in total. The van der Waals surface area contributed by atoms with Crippen molar-refractivity contribution in [2.45, 2.75) is 26.3 Å². The maximum Gasteiger partial charge on any atom is 0.321 e. The lowest BCUT2D eigenvalue weighted by Crippen LogP contribution is -2.50. The molecule has 0 aliphatic carbocycles. The molecular weight excluding hydrogens is 394 g/mol. The van der Waals surface area contributed by atoms with Gasteiger partial charge in [-0.25, -0.2) is 4.98 Å². The molecule has 0 spiro atoms. The van der Waals surface area contributed by atoms with Crippen LogP contribution in [0.3, 0.4) is 0 Å². The fraction of sp³-hybridized carbons (Fsp3) is 0.375. The molecule has 0 saturated heterocycles. The van der Waals surface area contributed by atoms with Gasteiger partial charge in [0.05, 0.1) is 23.7 Å². The normalized spacial score (nSPS) is 18.3. The van der Waals surface area contributed by atoms with Crippen LogP contribution >= 0.6 is 0 Å². The first-order valence-corrected chi connectivity index (χ1v) is 10.6. The van der Waals surface area contributed by atoms with Crippen molar-refractivity contribution >= 4 is 28.9 Å². The van der Waals surface area contributed by atoms with E-state index in [1.165, 1.54) is 0 Å². The first-order valence-electron chi connectivity index (χ1n) is 10.6. The van der Waals surface area contributed by atoms with Gasteiger partial charge in [-0.3, -0.25) is 14.5 Å². The highest BCUT2D eigenvalue weighted by atomic mass is 16.5. The molecule has 1 aliphatic heterocycles. The van der Waals surface area contributed by atoms with Gasteiger partial charge in [-0.2, -0.15) is 0 Å². The van der Waals surface area contributed by atoms with E-state index in [1.54, 1.807) is 18.9 Å². The van der Waals surface area contributed by atoms with Gasteiger partial charge in [-0.1, -0.05) is 36.4 Å². The molecule has 3 aromatic rings. The Balaban J connectivity index is 1.96. The summed E-state index contributed by atoms with van der Waals surface area (Å²) in [5.41, 5.74) is 3.58. The number of rotatable bonds is 7. The Kier molecular flexibility index (Phi) is 6.04. The van der Waals surface area contributed by atoms with Crippen LogP contribution in [0.15, 0.2) is 48.5 Å². The molecule has 1 aromatic heterocycles. The maximum atomic E-state index is 13.7. The van der Waals surface area contributed by atoms with Crippen LogP contribution in [0.5, 0.6) is 0 Å². The lowest BCUT2D eigenvalue weighted by atomic mass is 9.87. The van der Waals surface area contributed by atoms with E-state index in [9.17, 15) is 9.59 Å². The van der Waals surface area contributed by atoms with Crippen LogP contribution in [0.1, 0.15) is 30.5 Å². The van der Waals surface area contributed by atoms with Gasteiger partial charge in [-0.05, 0) is 43.5 Å². The molecule has 0 N–H and O–H groups in total. The summed E-state index contributed by atoms with van der Waals surface area (Å²) in [6.45, 7) is 4.88. The topological polar surface area (TPSA) is 73.7 Å². The van der Waals surface area contributed by atoms with E-state index >= 15 is 0 Å². The Morgan fingerprint density at radius 3 is 2.61 bits per heavy atom. The second-order valence-corrected chi connectivity index (χ2v) is 7.64. The first-order chi connectivity index (χ1) is 15.1. The number of anilines is 1. The molecule has 2 heterocycles. The van der Waals surface area contributed by atoms with E-state index < -0.39 is 17.9 Å². The van der Waals surface area contributed by atoms with Crippen molar-refractivity contribution in [3.8, 4) is 0 Å². The Bertz CT molecular complexity index is 1110. The molecule has 162 valence electrons. The van der Waals surface area contributed by atoms with Crippen LogP contribution in [0.4, 0.5) is 5.95 Å². The minimum atomic E-state index is -0.992. The third-order valence-corrected chi connectivity index (χ3v) is 5.72. The second kappa shape index (κ2) is 8.89. The number of carbonyl (C=O) groups excluding carboxylic acids is 2. The molecule has 0 fully saturated rings. The number of para-hydroxylation sites is 2. The number of carbonyl (C=O) groups is 2. The van der Waals surface area contributed by atoms with Crippen LogP contribution in [-0.2, 0) is 19.1 Å². The Hall–Kier alpha value is -3.19. The highest BCUT2D eigenvalue weighted by molar-refractivity contribution is 6.08. The molecule has 0 unspecified atom stereocenters. The van der Waals surface area contributed by atoms with E-state index in [-0.39, 0.29) is 12.5 Å². The van der Waals surface area contributed by atoms with Gasteiger partial charge < -0.3 is 14.0 Å². The third-order valence-electron chi connectivity index (χ3n) is 5.72. The Labute approximate surface area is 181 Å². The molecule has 31 heavy (non-hydrogen) atoms. The number of aromatic nitrogens is 2. The smallest absolute Gasteiger partial charge is 0.321 e. The van der Waals surface area contributed by atoms with Crippen LogP contribution in [0, 0.1) is 12.8 Å². The molecule has 2 atom stereocenters. The number of hydrogen-bond donors (Lipinski definition) is 0. The molecule has 1 amide bonds. The summed E-state index contributed by atoms with van der Waals surface area (Å²) in [6, 6.07) is 15.1. The molecule has 4 rings (SSSR count). The minimum absolute atomic E-state index is 0.213. The second-order valence-electron chi connectivity index (χ2n) is 7.64. The van der Waals surface area contributed by atoms with E-state index in [2.05, 4.69) is 0 Å². The molecular formula is C24H27N3O4. The Morgan fingerprint density at radius 1 is 1.13 bits per heavy atom. The fourth-order valence-corrected chi connectivity index (χ4v) is 4.32. The predicted octanol–water partition coefficient (Wildman–Crippen LogP) is 3.50. The number of aryl methyl sites for hydroxylation is 1. The van der Waals surface area contributed by atoms with Gasteiger partial charge in [0.25, 0.3) is 0 Å². The standard InChI is InChI=1S/C24H27N3O4/c1-4-31-23(29)20-21(17-11-6-5-10-16(17)2)27-19-13-8-7-12-18(19)25-24(27)26(22(20)28)14-9-15-30-3/h5-8,10-13,20-21H,4,9,14-15H2,1-3H3/t20-,21+/m1/s1. The van der Waals surface area contributed by atoms with Gasteiger partial charge in [0.15, 0.2) is 5.92 Å². The summed E-state index contributed by atoms with van der Waals surface area (Å²) in [6.07, 6.45) is 0.635. The van der Waals surface area contributed by atoms with Gasteiger partial charge in [0, 0.05) is 20.3 Å².